The molecule has 0 saturated heterocycles. The average molecular weight is 221 g/mol. The maximum Gasteiger partial charge on any atom is 0.305 e. The van der Waals surface area contributed by atoms with Gasteiger partial charge in [0.15, 0.2) is 0 Å². The fourth-order valence-electron chi connectivity index (χ4n) is 1.96. The molecule has 0 saturated carbocycles. The van der Waals surface area contributed by atoms with E-state index in [4.69, 9.17) is 10.8 Å². The smallest absolute Gasteiger partial charge is 0.305 e. The molecule has 0 aliphatic carbocycles. The molecule has 0 amide bonds. The summed E-state index contributed by atoms with van der Waals surface area (Å²) in [6, 6.07) is 6.00. The number of nitrogens with two attached hydrogens (primary N) is 1. The third-order valence-corrected chi connectivity index (χ3v) is 2.89. The molecule has 3 N–H and O–H groups in total. The van der Waals surface area contributed by atoms with Crippen LogP contribution in [0.4, 0.5) is 0 Å². The number of aliphatic carboxylic acids is 1. The molecule has 0 unspecified atom stereocenters. The van der Waals surface area contributed by atoms with Crippen LogP contribution in [0.3, 0.4) is 0 Å². The van der Waals surface area contributed by atoms with Gasteiger partial charge < -0.3 is 10.8 Å². The largest absolute Gasteiger partial charge is 0.481 e. The van der Waals surface area contributed by atoms with E-state index in [0.717, 1.165) is 16.7 Å². The minimum Gasteiger partial charge on any atom is -0.481 e. The Morgan fingerprint density at radius 2 is 1.81 bits per heavy atom. The lowest BCUT2D eigenvalue weighted by atomic mass is 9.84. The predicted octanol–water partition coefficient (Wildman–Crippen LogP) is 2.34. The molecule has 1 aromatic carbocycles. The van der Waals surface area contributed by atoms with Gasteiger partial charge in [-0.15, -0.1) is 0 Å². The quantitative estimate of drug-likeness (QED) is 0.820. The second-order valence-electron chi connectivity index (χ2n) is 4.46. The SMILES string of the molecule is CC[C@@](N)(CC(=O)O)c1cc(C)cc(C)c1. The van der Waals surface area contributed by atoms with Crippen LogP contribution in [0.2, 0.25) is 0 Å². The van der Waals surface area contributed by atoms with E-state index in [0.29, 0.717) is 6.42 Å². The number of carboxylic acid groups (broad SMARTS) is 1. The van der Waals surface area contributed by atoms with Crippen molar-refractivity contribution in [1.82, 2.24) is 0 Å². The monoisotopic (exact) mass is 221 g/mol. The van der Waals surface area contributed by atoms with Gasteiger partial charge in [0.2, 0.25) is 0 Å². The van der Waals surface area contributed by atoms with Crippen LogP contribution in [0.25, 0.3) is 0 Å². The summed E-state index contributed by atoms with van der Waals surface area (Å²) in [5.74, 6) is -0.858. The molecule has 3 nitrogen and oxygen atoms in total. The van der Waals surface area contributed by atoms with Crippen LogP contribution in [0.15, 0.2) is 18.2 Å². The average Bonchev–Trinajstić information content (AvgIpc) is 2.15. The summed E-state index contributed by atoms with van der Waals surface area (Å²) in [6.07, 6.45) is 0.578. The maximum atomic E-state index is 10.8. The summed E-state index contributed by atoms with van der Waals surface area (Å²) in [5, 5.41) is 8.90. The molecule has 0 aromatic heterocycles. The number of benzene rings is 1. The third kappa shape index (κ3) is 2.83. The van der Waals surface area contributed by atoms with E-state index < -0.39 is 11.5 Å². The highest BCUT2D eigenvalue weighted by Gasteiger charge is 2.28. The standard InChI is InChI=1S/C13H19NO2/c1-4-13(14,8-12(15)16)11-6-9(2)5-10(3)7-11/h5-7H,4,8,14H2,1-3H3,(H,15,16)/t13-/m1/s1. The first-order valence-electron chi connectivity index (χ1n) is 5.47. The van der Waals surface area contributed by atoms with Gasteiger partial charge in [0.25, 0.3) is 0 Å². The molecule has 1 aromatic rings. The molecule has 16 heavy (non-hydrogen) atoms. The topological polar surface area (TPSA) is 63.3 Å². The van der Waals surface area contributed by atoms with Crippen molar-refractivity contribution in [1.29, 1.82) is 0 Å². The summed E-state index contributed by atoms with van der Waals surface area (Å²) in [5.41, 5.74) is 8.56. The zero-order valence-corrected chi connectivity index (χ0v) is 10.1. The Kier molecular flexibility index (Phi) is 3.70. The second kappa shape index (κ2) is 4.66. The van der Waals surface area contributed by atoms with Gasteiger partial charge in [-0.3, -0.25) is 4.79 Å². The summed E-state index contributed by atoms with van der Waals surface area (Å²) < 4.78 is 0. The normalized spacial score (nSPS) is 14.5. The number of carbonyl (C=O) groups is 1. The molecule has 0 heterocycles. The van der Waals surface area contributed by atoms with Gasteiger partial charge in [-0.2, -0.15) is 0 Å². The molecule has 0 fully saturated rings. The zero-order chi connectivity index (χ0) is 12.3. The van der Waals surface area contributed by atoms with Crippen LogP contribution in [-0.4, -0.2) is 11.1 Å². The highest BCUT2D eigenvalue weighted by Crippen LogP contribution is 2.27. The van der Waals surface area contributed by atoms with Gasteiger partial charge in [0.1, 0.15) is 0 Å². The van der Waals surface area contributed by atoms with Crippen molar-refractivity contribution < 1.29 is 9.90 Å². The summed E-state index contributed by atoms with van der Waals surface area (Å²) >= 11 is 0. The van der Waals surface area contributed by atoms with Crippen molar-refractivity contribution in [2.45, 2.75) is 39.2 Å². The number of aryl methyl sites for hydroxylation is 2. The Labute approximate surface area is 96.3 Å². The van der Waals surface area contributed by atoms with Gasteiger partial charge in [-0.25, -0.2) is 0 Å². The fraction of sp³-hybridized carbons (Fsp3) is 0.462. The van der Waals surface area contributed by atoms with Crippen molar-refractivity contribution in [3.63, 3.8) is 0 Å². The molecule has 0 bridgehead atoms. The first-order chi connectivity index (χ1) is 7.37. The minimum absolute atomic E-state index is 0.0353. The van der Waals surface area contributed by atoms with Gasteiger partial charge in [-0.05, 0) is 25.8 Å². The first kappa shape index (κ1) is 12.7. The van der Waals surface area contributed by atoms with Crippen LogP contribution >= 0.6 is 0 Å². The molecule has 0 aliphatic heterocycles. The molecule has 0 radical (unpaired) electrons. The van der Waals surface area contributed by atoms with E-state index in [-0.39, 0.29) is 6.42 Å². The van der Waals surface area contributed by atoms with E-state index >= 15 is 0 Å². The first-order valence-corrected chi connectivity index (χ1v) is 5.47. The minimum atomic E-state index is -0.858. The van der Waals surface area contributed by atoms with Gasteiger partial charge in [-0.1, -0.05) is 36.2 Å². The predicted molar refractivity (Wildman–Crippen MR) is 64.3 cm³/mol. The molecule has 1 atom stereocenters. The van der Waals surface area contributed by atoms with Gasteiger partial charge in [0.05, 0.1) is 12.0 Å². The van der Waals surface area contributed by atoms with Crippen LogP contribution in [0, 0.1) is 13.8 Å². The van der Waals surface area contributed by atoms with Crippen molar-refractivity contribution in [3.05, 3.63) is 34.9 Å². The van der Waals surface area contributed by atoms with E-state index in [2.05, 4.69) is 6.07 Å². The third-order valence-electron chi connectivity index (χ3n) is 2.89. The molecule has 3 heteroatoms. The second-order valence-corrected chi connectivity index (χ2v) is 4.46. The molecule has 0 spiro atoms. The Bertz CT molecular complexity index is 381. The van der Waals surface area contributed by atoms with E-state index in [1.807, 2.05) is 32.9 Å². The Morgan fingerprint density at radius 1 is 1.31 bits per heavy atom. The van der Waals surface area contributed by atoms with Crippen molar-refractivity contribution in [2.75, 3.05) is 0 Å². The molecular formula is C13H19NO2. The molecule has 0 aliphatic rings. The van der Waals surface area contributed by atoms with Crippen molar-refractivity contribution in [2.24, 2.45) is 5.73 Å². The summed E-state index contributed by atoms with van der Waals surface area (Å²) in [4.78, 5) is 10.8. The summed E-state index contributed by atoms with van der Waals surface area (Å²) in [7, 11) is 0. The number of carboxylic acids is 1. The Balaban J connectivity index is 3.16. The van der Waals surface area contributed by atoms with E-state index in [1.165, 1.54) is 0 Å². The molecule has 88 valence electrons. The van der Waals surface area contributed by atoms with Crippen molar-refractivity contribution >= 4 is 5.97 Å². The Hall–Kier alpha value is -1.35. The Morgan fingerprint density at radius 3 is 2.19 bits per heavy atom. The summed E-state index contributed by atoms with van der Waals surface area (Å²) in [6.45, 7) is 5.90. The van der Waals surface area contributed by atoms with E-state index in [9.17, 15) is 4.79 Å². The van der Waals surface area contributed by atoms with Crippen LogP contribution in [0.5, 0.6) is 0 Å². The lowest BCUT2D eigenvalue weighted by Gasteiger charge is -2.27. The lowest BCUT2D eigenvalue weighted by molar-refractivity contribution is -0.138. The van der Waals surface area contributed by atoms with Gasteiger partial charge in [0, 0.05) is 0 Å². The van der Waals surface area contributed by atoms with E-state index in [1.54, 1.807) is 0 Å². The molecular weight excluding hydrogens is 202 g/mol. The fourth-order valence-corrected chi connectivity index (χ4v) is 1.96. The maximum absolute atomic E-state index is 10.8. The van der Waals surface area contributed by atoms with Crippen LogP contribution < -0.4 is 5.73 Å². The molecule has 1 rings (SSSR count). The number of hydrogen-bond acceptors (Lipinski definition) is 2. The van der Waals surface area contributed by atoms with Crippen molar-refractivity contribution in [3.8, 4) is 0 Å². The van der Waals surface area contributed by atoms with Gasteiger partial charge >= 0.3 is 5.97 Å². The van der Waals surface area contributed by atoms with Crippen LogP contribution in [-0.2, 0) is 10.3 Å². The lowest BCUT2D eigenvalue weighted by Crippen LogP contribution is -2.38. The number of hydrogen-bond donors (Lipinski definition) is 2. The zero-order valence-electron chi connectivity index (χ0n) is 10.1. The number of rotatable bonds is 4. The van der Waals surface area contributed by atoms with Crippen LogP contribution in [0.1, 0.15) is 36.5 Å². The highest BCUT2D eigenvalue weighted by atomic mass is 16.4. The highest BCUT2D eigenvalue weighted by molar-refractivity contribution is 5.69.